The van der Waals surface area contributed by atoms with E-state index in [4.69, 9.17) is 4.42 Å². The number of pyridine rings is 1. The molecule has 0 radical (unpaired) electrons. The number of aryl methyl sites for hydroxylation is 1. The third-order valence-electron chi connectivity index (χ3n) is 4.09. The topological polar surface area (TPSA) is 61.6 Å². The molecule has 3 rings (SSSR count). The van der Waals surface area contributed by atoms with E-state index in [1.165, 1.54) is 6.07 Å². The van der Waals surface area contributed by atoms with Crippen LogP contribution in [-0.2, 0) is 6.54 Å². The lowest BCUT2D eigenvalue weighted by molar-refractivity contribution is 0.199. The Morgan fingerprint density at radius 2 is 2.33 bits per heavy atom. The molecule has 2 amide bonds. The van der Waals surface area contributed by atoms with Gasteiger partial charge in [0.05, 0.1) is 6.54 Å². The van der Waals surface area contributed by atoms with Gasteiger partial charge in [0, 0.05) is 32.4 Å². The molecule has 3 heterocycles. The molecule has 0 aliphatic carbocycles. The predicted octanol–water partition coefficient (Wildman–Crippen LogP) is 2.54. The van der Waals surface area contributed by atoms with Crippen molar-refractivity contribution in [1.82, 2.24) is 15.2 Å². The maximum Gasteiger partial charge on any atom is 0.317 e. The molecule has 2 aromatic rings. The van der Waals surface area contributed by atoms with Crippen LogP contribution in [0.25, 0.3) is 0 Å². The number of urea groups is 1. The summed E-state index contributed by atoms with van der Waals surface area (Å²) >= 11 is 0. The standard InChI is InChI=1S/C17H21FN4O2/c1-12-5-6-14(24-12)11-21(2)17(23)20-13-7-9-22(10-13)16-15(18)4-3-8-19-16/h3-6,8,13H,7,9-11H2,1-2H3,(H,20,23)/t13-/m0/s1. The van der Waals surface area contributed by atoms with E-state index >= 15 is 0 Å². The van der Waals surface area contributed by atoms with Crippen molar-refractivity contribution in [3.8, 4) is 0 Å². The zero-order valence-corrected chi connectivity index (χ0v) is 13.8. The van der Waals surface area contributed by atoms with Crippen LogP contribution in [0.3, 0.4) is 0 Å². The molecule has 6 nitrogen and oxygen atoms in total. The molecule has 1 aliphatic heterocycles. The van der Waals surface area contributed by atoms with Gasteiger partial charge in [-0.25, -0.2) is 14.2 Å². The maximum atomic E-state index is 13.8. The van der Waals surface area contributed by atoms with Crippen LogP contribution in [0.5, 0.6) is 0 Å². The zero-order valence-electron chi connectivity index (χ0n) is 13.8. The van der Waals surface area contributed by atoms with Crippen molar-refractivity contribution in [3.63, 3.8) is 0 Å². The summed E-state index contributed by atoms with van der Waals surface area (Å²) in [4.78, 5) is 19.8. The van der Waals surface area contributed by atoms with Crippen LogP contribution in [0.1, 0.15) is 17.9 Å². The van der Waals surface area contributed by atoms with Gasteiger partial charge in [-0.15, -0.1) is 0 Å². The first kappa shape index (κ1) is 16.3. The Labute approximate surface area is 140 Å². The number of nitrogens with zero attached hydrogens (tertiary/aromatic N) is 3. The molecule has 0 bridgehead atoms. The third kappa shape index (κ3) is 3.67. The number of furan rings is 1. The summed E-state index contributed by atoms with van der Waals surface area (Å²) in [6.45, 7) is 3.49. The molecule has 1 atom stereocenters. The minimum atomic E-state index is -0.338. The average Bonchev–Trinajstić information content (AvgIpc) is 3.17. The Bertz CT molecular complexity index is 718. The Morgan fingerprint density at radius 1 is 1.50 bits per heavy atom. The zero-order chi connectivity index (χ0) is 17.1. The molecule has 7 heteroatoms. The first-order chi connectivity index (χ1) is 11.5. The van der Waals surface area contributed by atoms with Crippen LogP contribution in [-0.4, -0.2) is 42.1 Å². The fraction of sp³-hybridized carbons (Fsp3) is 0.412. The Balaban J connectivity index is 1.53. The summed E-state index contributed by atoms with van der Waals surface area (Å²) in [5.74, 6) is 1.57. The number of hydrogen-bond acceptors (Lipinski definition) is 4. The molecular weight excluding hydrogens is 311 g/mol. The minimum absolute atomic E-state index is 0.0281. The van der Waals surface area contributed by atoms with Crippen molar-refractivity contribution in [1.29, 1.82) is 0 Å². The van der Waals surface area contributed by atoms with Crippen molar-refractivity contribution >= 4 is 11.8 Å². The maximum absolute atomic E-state index is 13.8. The Kier molecular flexibility index (Phi) is 4.69. The number of halogens is 1. The van der Waals surface area contributed by atoms with E-state index in [9.17, 15) is 9.18 Å². The van der Waals surface area contributed by atoms with E-state index in [1.54, 1.807) is 24.2 Å². The number of rotatable bonds is 4. The highest BCUT2D eigenvalue weighted by Crippen LogP contribution is 2.21. The Hall–Kier alpha value is -2.57. The summed E-state index contributed by atoms with van der Waals surface area (Å²) < 4.78 is 19.3. The van der Waals surface area contributed by atoms with Crippen LogP contribution in [0, 0.1) is 12.7 Å². The van der Waals surface area contributed by atoms with Gasteiger partial charge in [-0.2, -0.15) is 0 Å². The number of carbonyl (C=O) groups excluding carboxylic acids is 1. The summed E-state index contributed by atoms with van der Waals surface area (Å²) in [6, 6.07) is 6.50. The second-order valence-corrected chi connectivity index (χ2v) is 6.06. The quantitative estimate of drug-likeness (QED) is 0.935. The SMILES string of the molecule is Cc1ccc(CN(C)C(=O)N[C@H]2CCN(c3ncccc3F)C2)o1. The molecule has 128 valence electrons. The van der Waals surface area contributed by atoms with Crippen molar-refractivity contribution in [2.45, 2.75) is 25.9 Å². The van der Waals surface area contributed by atoms with Gasteiger partial charge in [-0.1, -0.05) is 0 Å². The van der Waals surface area contributed by atoms with Crippen molar-refractivity contribution < 1.29 is 13.6 Å². The highest BCUT2D eigenvalue weighted by atomic mass is 19.1. The molecule has 1 aliphatic rings. The summed E-state index contributed by atoms with van der Waals surface area (Å²) in [7, 11) is 1.72. The fourth-order valence-corrected chi connectivity index (χ4v) is 2.84. The van der Waals surface area contributed by atoms with E-state index in [0.29, 0.717) is 25.5 Å². The van der Waals surface area contributed by atoms with Crippen LogP contribution >= 0.6 is 0 Å². The van der Waals surface area contributed by atoms with Gasteiger partial charge in [0.25, 0.3) is 0 Å². The van der Waals surface area contributed by atoms with Crippen molar-refractivity contribution in [2.75, 3.05) is 25.0 Å². The number of carbonyl (C=O) groups is 1. The second-order valence-electron chi connectivity index (χ2n) is 6.06. The lowest BCUT2D eigenvalue weighted by atomic mass is 10.3. The molecule has 0 saturated carbocycles. The van der Waals surface area contributed by atoms with E-state index in [0.717, 1.165) is 17.9 Å². The van der Waals surface area contributed by atoms with Crippen molar-refractivity contribution in [2.24, 2.45) is 0 Å². The van der Waals surface area contributed by atoms with Crippen molar-refractivity contribution in [3.05, 3.63) is 47.8 Å². The number of anilines is 1. The van der Waals surface area contributed by atoms with E-state index in [2.05, 4.69) is 10.3 Å². The number of amides is 2. The van der Waals surface area contributed by atoms with Crippen LogP contribution in [0.2, 0.25) is 0 Å². The van der Waals surface area contributed by atoms with Gasteiger partial charge >= 0.3 is 6.03 Å². The smallest absolute Gasteiger partial charge is 0.317 e. The van der Waals surface area contributed by atoms with E-state index < -0.39 is 0 Å². The third-order valence-corrected chi connectivity index (χ3v) is 4.09. The fourth-order valence-electron chi connectivity index (χ4n) is 2.84. The highest BCUT2D eigenvalue weighted by molar-refractivity contribution is 5.74. The molecule has 1 N–H and O–H groups in total. The summed E-state index contributed by atoms with van der Waals surface area (Å²) in [5, 5.41) is 2.98. The van der Waals surface area contributed by atoms with Gasteiger partial charge in [0.2, 0.25) is 0 Å². The van der Waals surface area contributed by atoms with Gasteiger partial charge in [-0.3, -0.25) is 0 Å². The molecular formula is C17H21FN4O2. The van der Waals surface area contributed by atoms with Gasteiger partial charge in [0.15, 0.2) is 11.6 Å². The number of nitrogens with one attached hydrogen (secondary N) is 1. The molecule has 2 aromatic heterocycles. The van der Waals surface area contributed by atoms with Crippen LogP contribution < -0.4 is 10.2 Å². The molecule has 0 spiro atoms. The largest absolute Gasteiger partial charge is 0.464 e. The molecule has 0 unspecified atom stereocenters. The average molecular weight is 332 g/mol. The van der Waals surface area contributed by atoms with E-state index in [1.807, 2.05) is 24.0 Å². The van der Waals surface area contributed by atoms with Crippen LogP contribution in [0.4, 0.5) is 15.0 Å². The molecule has 0 aromatic carbocycles. The number of hydrogen-bond donors (Lipinski definition) is 1. The lowest BCUT2D eigenvalue weighted by Gasteiger charge is -2.21. The first-order valence-corrected chi connectivity index (χ1v) is 7.95. The minimum Gasteiger partial charge on any atom is -0.464 e. The van der Waals surface area contributed by atoms with E-state index in [-0.39, 0.29) is 17.9 Å². The van der Waals surface area contributed by atoms with Gasteiger partial charge < -0.3 is 19.5 Å². The Morgan fingerprint density at radius 3 is 3.04 bits per heavy atom. The first-order valence-electron chi connectivity index (χ1n) is 7.95. The summed E-state index contributed by atoms with van der Waals surface area (Å²) in [6.07, 6.45) is 2.33. The second kappa shape index (κ2) is 6.90. The molecule has 1 saturated heterocycles. The highest BCUT2D eigenvalue weighted by Gasteiger charge is 2.27. The van der Waals surface area contributed by atoms with Crippen LogP contribution in [0.15, 0.2) is 34.9 Å². The lowest BCUT2D eigenvalue weighted by Crippen LogP contribution is -2.44. The predicted molar refractivity (Wildman–Crippen MR) is 88.3 cm³/mol. The van der Waals surface area contributed by atoms with Gasteiger partial charge in [0.1, 0.15) is 11.5 Å². The summed E-state index contributed by atoms with van der Waals surface area (Å²) in [5.41, 5.74) is 0. The van der Waals surface area contributed by atoms with Gasteiger partial charge in [-0.05, 0) is 37.6 Å². The monoisotopic (exact) mass is 332 g/mol. The molecule has 24 heavy (non-hydrogen) atoms. The normalized spacial score (nSPS) is 17.1. The molecule has 1 fully saturated rings. The number of aromatic nitrogens is 1.